The van der Waals surface area contributed by atoms with E-state index in [4.69, 9.17) is 0 Å². The highest BCUT2D eigenvalue weighted by molar-refractivity contribution is 9.09. The summed E-state index contributed by atoms with van der Waals surface area (Å²) in [6.07, 6.45) is 9.52. The van der Waals surface area contributed by atoms with Gasteiger partial charge in [0.1, 0.15) is 0 Å². The molecule has 0 spiro atoms. The summed E-state index contributed by atoms with van der Waals surface area (Å²) in [5.41, 5.74) is 1.33. The van der Waals surface area contributed by atoms with Gasteiger partial charge in [0.25, 0.3) is 0 Å². The SMILES string of the molecule is Cn1cc(CN2CCCCCC2CBr)cn1. The molecule has 1 atom stereocenters. The summed E-state index contributed by atoms with van der Waals surface area (Å²) in [6.45, 7) is 2.27. The Hall–Kier alpha value is -0.350. The molecule has 0 aliphatic carbocycles. The Kier molecular flexibility index (Phi) is 4.41. The zero-order chi connectivity index (χ0) is 11.4. The number of likely N-dealkylation sites (tertiary alicyclic amines) is 1. The van der Waals surface area contributed by atoms with Gasteiger partial charge in [0, 0.05) is 36.7 Å². The van der Waals surface area contributed by atoms with Crippen molar-refractivity contribution in [2.75, 3.05) is 11.9 Å². The van der Waals surface area contributed by atoms with Crippen molar-refractivity contribution in [3.8, 4) is 0 Å². The lowest BCUT2D eigenvalue weighted by Crippen LogP contribution is -2.35. The van der Waals surface area contributed by atoms with Gasteiger partial charge in [0.15, 0.2) is 0 Å². The van der Waals surface area contributed by atoms with Crippen molar-refractivity contribution in [1.82, 2.24) is 14.7 Å². The summed E-state index contributed by atoms with van der Waals surface area (Å²) in [5.74, 6) is 0. The van der Waals surface area contributed by atoms with Crippen LogP contribution >= 0.6 is 15.9 Å². The van der Waals surface area contributed by atoms with Crippen LogP contribution in [0.2, 0.25) is 0 Å². The van der Waals surface area contributed by atoms with Crippen LogP contribution < -0.4 is 0 Å². The van der Waals surface area contributed by atoms with Gasteiger partial charge in [-0.2, -0.15) is 5.10 Å². The monoisotopic (exact) mass is 285 g/mol. The molecule has 0 N–H and O–H groups in total. The molecule has 0 aromatic carbocycles. The fraction of sp³-hybridized carbons (Fsp3) is 0.750. The molecule has 1 fully saturated rings. The van der Waals surface area contributed by atoms with Crippen molar-refractivity contribution in [2.45, 2.75) is 38.3 Å². The van der Waals surface area contributed by atoms with Crippen molar-refractivity contribution in [1.29, 1.82) is 0 Å². The maximum atomic E-state index is 4.23. The Morgan fingerprint density at radius 2 is 2.31 bits per heavy atom. The number of hydrogen-bond acceptors (Lipinski definition) is 2. The summed E-state index contributed by atoms with van der Waals surface area (Å²) < 4.78 is 1.89. The minimum Gasteiger partial charge on any atom is -0.295 e. The molecular formula is C12H20BrN3. The van der Waals surface area contributed by atoms with E-state index >= 15 is 0 Å². The third-order valence-electron chi connectivity index (χ3n) is 3.32. The molecule has 1 aromatic rings. The van der Waals surface area contributed by atoms with Crippen molar-refractivity contribution < 1.29 is 0 Å². The molecule has 1 aromatic heterocycles. The molecule has 0 saturated carbocycles. The lowest BCUT2D eigenvalue weighted by atomic mass is 10.1. The maximum Gasteiger partial charge on any atom is 0.0534 e. The zero-order valence-electron chi connectivity index (χ0n) is 9.90. The van der Waals surface area contributed by atoms with Gasteiger partial charge in [0.2, 0.25) is 0 Å². The highest BCUT2D eigenvalue weighted by atomic mass is 79.9. The van der Waals surface area contributed by atoms with E-state index in [-0.39, 0.29) is 0 Å². The molecular weight excluding hydrogens is 266 g/mol. The van der Waals surface area contributed by atoms with Crippen LogP contribution in [-0.4, -0.2) is 32.6 Å². The second-order valence-electron chi connectivity index (χ2n) is 4.65. The van der Waals surface area contributed by atoms with E-state index < -0.39 is 0 Å². The lowest BCUT2D eigenvalue weighted by Gasteiger charge is -2.27. The van der Waals surface area contributed by atoms with Gasteiger partial charge >= 0.3 is 0 Å². The highest BCUT2D eigenvalue weighted by Crippen LogP contribution is 2.20. The van der Waals surface area contributed by atoms with E-state index in [1.807, 2.05) is 17.9 Å². The van der Waals surface area contributed by atoms with Gasteiger partial charge in [-0.05, 0) is 19.4 Å². The normalized spacial score (nSPS) is 23.2. The fourth-order valence-corrected chi connectivity index (χ4v) is 3.14. The highest BCUT2D eigenvalue weighted by Gasteiger charge is 2.20. The predicted molar refractivity (Wildman–Crippen MR) is 69.7 cm³/mol. The number of alkyl halides is 1. The largest absolute Gasteiger partial charge is 0.295 e. The number of halogens is 1. The standard InChI is InChI=1S/C12H20BrN3/c1-15-9-11(8-14-15)10-16-6-4-2-3-5-12(16)7-13/h8-9,12H,2-7,10H2,1H3. The zero-order valence-corrected chi connectivity index (χ0v) is 11.5. The molecule has 2 heterocycles. The van der Waals surface area contributed by atoms with E-state index in [1.54, 1.807) is 0 Å². The molecule has 1 aliphatic heterocycles. The second-order valence-corrected chi connectivity index (χ2v) is 5.30. The molecule has 1 aliphatic rings. The first-order valence-electron chi connectivity index (χ1n) is 6.07. The smallest absolute Gasteiger partial charge is 0.0534 e. The van der Waals surface area contributed by atoms with Gasteiger partial charge in [-0.3, -0.25) is 9.58 Å². The van der Waals surface area contributed by atoms with Gasteiger partial charge in [-0.1, -0.05) is 28.8 Å². The Labute approximate surface area is 106 Å². The first kappa shape index (κ1) is 12.1. The summed E-state index contributed by atoms with van der Waals surface area (Å²) in [7, 11) is 1.98. The van der Waals surface area contributed by atoms with E-state index in [2.05, 4.69) is 32.1 Å². The Morgan fingerprint density at radius 3 is 3.00 bits per heavy atom. The van der Waals surface area contributed by atoms with E-state index in [0.29, 0.717) is 6.04 Å². The van der Waals surface area contributed by atoms with Gasteiger partial charge in [-0.25, -0.2) is 0 Å². The average Bonchev–Trinajstić information content (AvgIpc) is 2.56. The van der Waals surface area contributed by atoms with Gasteiger partial charge in [0.05, 0.1) is 6.20 Å². The number of rotatable bonds is 3. The number of aromatic nitrogens is 2. The minimum atomic E-state index is 0.697. The van der Waals surface area contributed by atoms with E-state index in [1.165, 1.54) is 37.8 Å². The molecule has 2 rings (SSSR count). The minimum absolute atomic E-state index is 0.697. The molecule has 0 bridgehead atoms. The van der Waals surface area contributed by atoms with Crippen LogP contribution in [0.1, 0.15) is 31.2 Å². The van der Waals surface area contributed by atoms with Crippen molar-refractivity contribution >= 4 is 15.9 Å². The van der Waals surface area contributed by atoms with Crippen LogP contribution in [0.25, 0.3) is 0 Å². The molecule has 3 nitrogen and oxygen atoms in total. The lowest BCUT2D eigenvalue weighted by molar-refractivity contribution is 0.209. The molecule has 1 unspecified atom stereocenters. The van der Waals surface area contributed by atoms with Crippen LogP contribution in [0.15, 0.2) is 12.4 Å². The van der Waals surface area contributed by atoms with Crippen molar-refractivity contribution in [2.24, 2.45) is 7.05 Å². The molecule has 90 valence electrons. The van der Waals surface area contributed by atoms with Crippen LogP contribution in [0.3, 0.4) is 0 Å². The number of hydrogen-bond donors (Lipinski definition) is 0. The summed E-state index contributed by atoms with van der Waals surface area (Å²) in [6, 6.07) is 0.697. The third kappa shape index (κ3) is 3.08. The van der Waals surface area contributed by atoms with E-state index in [9.17, 15) is 0 Å². The van der Waals surface area contributed by atoms with Crippen LogP contribution in [-0.2, 0) is 13.6 Å². The first-order chi connectivity index (χ1) is 7.79. The van der Waals surface area contributed by atoms with Crippen molar-refractivity contribution in [3.63, 3.8) is 0 Å². The van der Waals surface area contributed by atoms with E-state index in [0.717, 1.165) is 11.9 Å². The Morgan fingerprint density at radius 1 is 1.44 bits per heavy atom. The van der Waals surface area contributed by atoms with Crippen molar-refractivity contribution in [3.05, 3.63) is 18.0 Å². The Bertz CT molecular complexity index is 324. The maximum absolute atomic E-state index is 4.23. The summed E-state index contributed by atoms with van der Waals surface area (Å²) in [4.78, 5) is 2.60. The van der Waals surface area contributed by atoms with Crippen LogP contribution in [0, 0.1) is 0 Å². The first-order valence-corrected chi connectivity index (χ1v) is 7.19. The molecule has 1 saturated heterocycles. The topological polar surface area (TPSA) is 21.1 Å². The number of aryl methyl sites for hydroxylation is 1. The van der Waals surface area contributed by atoms with Crippen LogP contribution in [0.4, 0.5) is 0 Å². The molecule has 0 amide bonds. The molecule has 0 radical (unpaired) electrons. The van der Waals surface area contributed by atoms with Gasteiger partial charge in [-0.15, -0.1) is 0 Å². The number of nitrogens with zero attached hydrogens (tertiary/aromatic N) is 3. The van der Waals surface area contributed by atoms with Crippen LogP contribution in [0.5, 0.6) is 0 Å². The predicted octanol–water partition coefficient (Wildman–Crippen LogP) is 2.56. The van der Waals surface area contributed by atoms with Gasteiger partial charge < -0.3 is 0 Å². The Balaban J connectivity index is 1.99. The third-order valence-corrected chi connectivity index (χ3v) is 4.07. The molecule has 16 heavy (non-hydrogen) atoms. The molecule has 4 heteroatoms. The quantitative estimate of drug-likeness (QED) is 0.796. The second kappa shape index (κ2) is 5.82. The fourth-order valence-electron chi connectivity index (χ4n) is 2.41. The summed E-state index contributed by atoms with van der Waals surface area (Å²) >= 11 is 3.64. The summed E-state index contributed by atoms with van der Waals surface area (Å²) in [5, 5.41) is 5.33. The average molecular weight is 286 g/mol.